The van der Waals surface area contributed by atoms with Crippen LogP contribution in [0.4, 0.5) is 0 Å². The van der Waals surface area contributed by atoms with E-state index in [2.05, 4.69) is 0 Å². The van der Waals surface area contributed by atoms with Crippen molar-refractivity contribution in [1.82, 2.24) is 0 Å². The smallest absolute Gasteiger partial charge is 0.331 e. The van der Waals surface area contributed by atoms with Crippen LogP contribution in [0.25, 0.3) is 0 Å². The molecular weight excluding hydrogens is 414 g/mol. The summed E-state index contributed by atoms with van der Waals surface area (Å²) in [5.74, 6) is 0. The molecule has 2 rings (SSSR count). The van der Waals surface area contributed by atoms with Crippen LogP contribution in [0, 0.1) is 0 Å². The first-order chi connectivity index (χ1) is 12.8. The molecule has 0 radical (unpaired) electrons. The number of hydrogen-bond acceptors (Lipinski definition) is 14. The van der Waals surface area contributed by atoms with Gasteiger partial charge in [-0.25, -0.2) is 0 Å². The fourth-order valence-electron chi connectivity index (χ4n) is 2.94. The summed E-state index contributed by atoms with van der Waals surface area (Å²) in [5.41, 5.74) is 2.73. The summed E-state index contributed by atoms with van der Waals surface area (Å²) >= 11 is 0. The summed E-state index contributed by atoms with van der Waals surface area (Å²) in [6.45, 7) is -2.34. The number of aliphatic hydroxyl groups excluding tert-OH is 8. The predicted molar refractivity (Wildman–Crippen MR) is 82.2 cm³/mol. The molecule has 0 spiro atoms. The van der Waals surface area contributed by atoms with Crippen LogP contribution in [0.3, 0.4) is 0 Å². The number of hydrogen-bond donors (Lipinski definition) is 10. The van der Waals surface area contributed by atoms with E-state index in [9.17, 15) is 53.8 Å². The van der Waals surface area contributed by atoms with Crippen molar-refractivity contribution in [2.24, 2.45) is 5.73 Å². The summed E-state index contributed by atoms with van der Waals surface area (Å²) in [6, 6.07) is 0. The topological polar surface area (TPSA) is 270 Å². The monoisotopic (exact) mass is 437 g/mol. The second-order valence-electron chi connectivity index (χ2n) is 6.49. The maximum Gasteiger partial charge on any atom is 0.331 e. The van der Waals surface area contributed by atoms with Crippen LogP contribution >= 0.6 is 0 Å². The Morgan fingerprint density at radius 3 is 2.00 bits per heavy atom. The molecule has 0 unspecified atom stereocenters. The maximum absolute atomic E-state index is 12.0. The standard InChI is InChI=1S/C12H23NO14S/c13-11(2-15)8(19)6(18)9(20)12(27-11,28(22,23)24)26-7-3(1-14)25-10(21)5(17)4(7)16/h3-10,14-21H,1-2,13H2,(H,22,23,24)/t3-,4-,5-,6+,7-,8-,9-,10-,11-,12+/m1/s1. The Morgan fingerprint density at radius 2 is 1.54 bits per heavy atom. The van der Waals surface area contributed by atoms with E-state index in [-0.39, 0.29) is 0 Å². The Kier molecular flexibility index (Phi) is 6.71. The van der Waals surface area contributed by atoms with Gasteiger partial charge in [-0.1, -0.05) is 0 Å². The highest BCUT2D eigenvalue weighted by Gasteiger charge is 2.68. The number of aliphatic hydroxyl groups is 8. The summed E-state index contributed by atoms with van der Waals surface area (Å²) < 4.78 is 48.2. The lowest BCUT2D eigenvalue weighted by molar-refractivity contribution is -0.393. The molecule has 166 valence electrons. The van der Waals surface area contributed by atoms with E-state index in [1.165, 1.54) is 0 Å². The number of nitrogens with two attached hydrogens (primary N) is 1. The van der Waals surface area contributed by atoms with E-state index in [4.69, 9.17) is 19.9 Å². The quantitative estimate of drug-likeness (QED) is 0.179. The number of ether oxygens (including phenoxy) is 3. The molecule has 28 heavy (non-hydrogen) atoms. The molecule has 2 heterocycles. The van der Waals surface area contributed by atoms with Crippen LogP contribution in [0.15, 0.2) is 0 Å². The zero-order valence-electron chi connectivity index (χ0n) is 14.1. The molecular formula is C12H23NO14S. The molecule has 0 aromatic rings. The van der Waals surface area contributed by atoms with Crippen molar-refractivity contribution in [2.75, 3.05) is 13.2 Å². The highest BCUT2D eigenvalue weighted by atomic mass is 32.2. The molecule has 2 aliphatic rings. The van der Waals surface area contributed by atoms with Gasteiger partial charge in [-0.15, -0.1) is 0 Å². The molecule has 15 nitrogen and oxygen atoms in total. The Bertz CT molecular complexity index is 661. The molecule has 0 aromatic heterocycles. The maximum atomic E-state index is 12.0. The zero-order valence-corrected chi connectivity index (χ0v) is 14.9. The molecule has 11 N–H and O–H groups in total. The first kappa shape index (κ1) is 23.7. The van der Waals surface area contributed by atoms with Gasteiger partial charge in [0.2, 0.25) is 0 Å². The van der Waals surface area contributed by atoms with E-state index in [0.717, 1.165) is 0 Å². The lowest BCUT2D eigenvalue weighted by Gasteiger charge is -2.52. The van der Waals surface area contributed by atoms with Gasteiger partial charge in [0, 0.05) is 0 Å². The zero-order chi connectivity index (χ0) is 21.7. The molecule has 0 aromatic carbocycles. The van der Waals surface area contributed by atoms with Gasteiger partial charge in [0.25, 0.3) is 0 Å². The third-order valence-corrected chi connectivity index (χ3v) is 5.73. The van der Waals surface area contributed by atoms with Crippen LogP contribution in [0.2, 0.25) is 0 Å². The molecule has 0 aliphatic carbocycles. The fourth-order valence-corrected chi connectivity index (χ4v) is 3.88. The Balaban J connectivity index is 2.54. The average Bonchev–Trinajstić information content (AvgIpc) is 2.63. The van der Waals surface area contributed by atoms with E-state index in [1.54, 1.807) is 0 Å². The molecule has 2 fully saturated rings. The molecule has 0 bridgehead atoms. The molecule has 2 aliphatic heterocycles. The van der Waals surface area contributed by atoms with Crippen molar-refractivity contribution < 1.29 is 68.0 Å². The lowest BCUT2D eigenvalue weighted by Crippen LogP contribution is -2.78. The predicted octanol–water partition coefficient (Wildman–Crippen LogP) is -6.90. The highest BCUT2D eigenvalue weighted by molar-refractivity contribution is 7.87. The second kappa shape index (κ2) is 7.93. The largest absolute Gasteiger partial charge is 0.394 e. The van der Waals surface area contributed by atoms with Crippen molar-refractivity contribution in [3.63, 3.8) is 0 Å². The van der Waals surface area contributed by atoms with Gasteiger partial charge in [0.05, 0.1) is 13.2 Å². The highest BCUT2D eigenvalue weighted by Crippen LogP contribution is 2.40. The second-order valence-corrected chi connectivity index (χ2v) is 8.00. The van der Waals surface area contributed by atoms with E-state index in [1.807, 2.05) is 0 Å². The van der Waals surface area contributed by atoms with Gasteiger partial charge in [0.1, 0.15) is 36.6 Å². The van der Waals surface area contributed by atoms with Crippen LogP contribution in [0.1, 0.15) is 0 Å². The van der Waals surface area contributed by atoms with Crippen LogP contribution in [-0.4, -0.2) is 127 Å². The van der Waals surface area contributed by atoms with Gasteiger partial charge in [-0.3, -0.25) is 10.3 Å². The van der Waals surface area contributed by atoms with Crippen molar-refractivity contribution in [1.29, 1.82) is 0 Å². The van der Waals surface area contributed by atoms with Crippen LogP contribution in [-0.2, 0) is 24.3 Å². The third-order valence-electron chi connectivity index (χ3n) is 4.59. The molecule has 0 amide bonds. The molecule has 10 atom stereocenters. The van der Waals surface area contributed by atoms with Gasteiger partial charge in [0.15, 0.2) is 18.1 Å². The summed E-state index contributed by atoms with van der Waals surface area (Å²) in [4.78, 5) is 0. The van der Waals surface area contributed by atoms with Gasteiger partial charge >= 0.3 is 15.2 Å². The summed E-state index contributed by atoms with van der Waals surface area (Å²) in [7, 11) is -5.71. The molecule has 16 heteroatoms. The average molecular weight is 437 g/mol. The number of rotatable bonds is 5. The molecule has 0 saturated carbocycles. The normalized spacial score (nSPS) is 50.5. The Labute approximate surface area is 157 Å². The molecule has 2 saturated heterocycles. The Morgan fingerprint density at radius 1 is 0.964 bits per heavy atom. The van der Waals surface area contributed by atoms with Crippen molar-refractivity contribution in [2.45, 2.75) is 59.9 Å². The summed E-state index contributed by atoms with van der Waals surface area (Å²) in [6.07, 6.45) is -17.5. The van der Waals surface area contributed by atoms with E-state index >= 15 is 0 Å². The first-order valence-corrected chi connectivity index (χ1v) is 9.29. The van der Waals surface area contributed by atoms with Crippen molar-refractivity contribution in [3.05, 3.63) is 0 Å². The fraction of sp³-hybridized carbons (Fsp3) is 1.00. The van der Waals surface area contributed by atoms with Gasteiger partial charge in [-0.05, 0) is 0 Å². The summed E-state index contributed by atoms with van der Waals surface area (Å²) in [5, 5.41) is 74.2. The minimum Gasteiger partial charge on any atom is -0.394 e. The van der Waals surface area contributed by atoms with Gasteiger partial charge < -0.3 is 55.1 Å². The lowest BCUT2D eigenvalue weighted by atomic mass is 9.93. The SMILES string of the molecule is N[C@]1(CO)O[C@](O[C@H]2[C@H](O)[C@@H](O)[C@H](O)O[C@@H]2CO)(S(=O)(=O)O)[C@H](O)[C@@H](O)[C@H]1O. The first-order valence-electron chi connectivity index (χ1n) is 7.85. The minimum atomic E-state index is -5.71. The van der Waals surface area contributed by atoms with Crippen LogP contribution in [0.5, 0.6) is 0 Å². The van der Waals surface area contributed by atoms with Crippen LogP contribution < -0.4 is 5.73 Å². The van der Waals surface area contributed by atoms with Crippen molar-refractivity contribution >= 4 is 10.1 Å². The Hall–Kier alpha value is -0.570. The van der Waals surface area contributed by atoms with E-state index < -0.39 is 83.2 Å². The van der Waals surface area contributed by atoms with E-state index in [0.29, 0.717) is 0 Å². The third kappa shape index (κ3) is 3.66. The minimum absolute atomic E-state index is 1.01. The van der Waals surface area contributed by atoms with Gasteiger partial charge in [-0.2, -0.15) is 8.42 Å². The van der Waals surface area contributed by atoms with Crippen molar-refractivity contribution in [3.8, 4) is 0 Å².